The number of carbonyl (C=O) groups excluding carboxylic acids is 1. The van der Waals surface area contributed by atoms with Crippen LogP contribution in [0.3, 0.4) is 0 Å². The lowest BCUT2D eigenvalue weighted by Crippen LogP contribution is -2.40. The van der Waals surface area contributed by atoms with Crippen molar-refractivity contribution in [1.29, 1.82) is 0 Å². The number of nitrogens with one attached hydrogen (secondary N) is 1. The van der Waals surface area contributed by atoms with Gasteiger partial charge in [-0.3, -0.25) is 4.98 Å². The van der Waals surface area contributed by atoms with Crippen LogP contribution < -0.4 is 10.1 Å². The van der Waals surface area contributed by atoms with Crippen LogP contribution in [0.4, 0.5) is 4.79 Å². The van der Waals surface area contributed by atoms with Crippen molar-refractivity contribution in [3.05, 3.63) is 59.4 Å². The number of hydrogen-bond donors (Lipinski definition) is 1. The molecule has 0 saturated carbocycles. The van der Waals surface area contributed by atoms with Crippen LogP contribution in [0.1, 0.15) is 16.7 Å². The van der Waals surface area contributed by atoms with E-state index in [0.717, 1.165) is 17.7 Å². The third-order valence-electron chi connectivity index (χ3n) is 3.80. The number of aromatic nitrogens is 1. The highest BCUT2D eigenvalue weighted by molar-refractivity contribution is 5.73. The van der Waals surface area contributed by atoms with E-state index in [1.54, 1.807) is 24.3 Å². The van der Waals surface area contributed by atoms with Gasteiger partial charge in [0.1, 0.15) is 12.4 Å². The van der Waals surface area contributed by atoms with Crippen molar-refractivity contribution in [2.75, 3.05) is 26.7 Å². The second-order valence-corrected chi connectivity index (χ2v) is 5.88. The Hall–Kier alpha value is -2.56. The monoisotopic (exact) mass is 327 g/mol. The van der Waals surface area contributed by atoms with Gasteiger partial charge in [-0.2, -0.15) is 0 Å². The smallest absolute Gasteiger partial charge is 0.317 e. The number of urea groups is 1. The van der Waals surface area contributed by atoms with E-state index in [0.29, 0.717) is 19.7 Å². The maximum absolute atomic E-state index is 12.0. The van der Waals surface area contributed by atoms with E-state index in [2.05, 4.69) is 23.3 Å². The van der Waals surface area contributed by atoms with E-state index in [1.807, 2.05) is 31.2 Å². The minimum absolute atomic E-state index is 0.0896. The van der Waals surface area contributed by atoms with E-state index in [4.69, 9.17) is 4.74 Å². The second kappa shape index (κ2) is 8.91. The van der Waals surface area contributed by atoms with Crippen molar-refractivity contribution in [3.63, 3.8) is 0 Å². The summed E-state index contributed by atoms with van der Waals surface area (Å²) in [5.41, 5.74) is 3.49. The van der Waals surface area contributed by atoms with Gasteiger partial charge in [-0.15, -0.1) is 0 Å². The summed E-state index contributed by atoms with van der Waals surface area (Å²) in [5.74, 6) is 0.862. The standard InChI is InChI=1S/C19H25N3O2/c1-15-4-5-18(16(2)14-15)24-13-11-21-19(23)22(3)12-8-17-6-9-20-10-7-17/h4-7,9-10,14H,8,11-13H2,1-3H3,(H,21,23). The predicted molar refractivity (Wildman–Crippen MR) is 95.4 cm³/mol. The summed E-state index contributed by atoms with van der Waals surface area (Å²) in [6.45, 7) is 5.67. The quantitative estimate of drug-likeness (QED) is 0.796. The number of benzene rings is 1. The molecule has 0 atom stereocenters. The summed E-state index contributed by atoms with van der Waals surface area (Å²) in [5, 5.41) is 2.87. The highest BCUT2D eigenvalue weighted by Crippen LogP contribution is 2.18. The van der Waals surface area contributed by atoms with Gasteiger partial charge in [-0.1, -0.05) is 17.7 Å². The Kier molecular flexibility index (Phi) is 6.61. The summed E-state index contributed by atoms with van der Waals surface area (Å²) >= 11 is 0. The molecule has 1 aromatic carbocycles. The van der Waals surface area contributed by atoms with Crippen molar-refractivity contribution < 1.29 is 9.53 Å². The van der Waals surface area contributed by atoms with Gasteiger partial charge in [0, 0.05) is 26.0 Å². The minimum Gasteiger partial charge on any atom is -0.491 e. The first-order valence-corrected chi connectivity index (χ1v) is 8.14. The number of hydrogen-bond acceptors (Lipinski definition) is 3. The molecule has 0 aliphatic heterocycles. The molecule has 1 N–H and O–H groups in total. The van der Waals surface area contributed by atoms with Gasteiger partial charge in [-0.25, -0.2) is 4.79 Å². The van der Waals surface area contributed by atoms with Gasteiger partial charge in [0.05, 0.1) is 6.54 Å². The summed E-state index contributed by atoms with van der Waals surface area (Å²) < 4.78 is 5.71. The van der Waals surface area contributed by atoms with Crippen LogP contribution in [0.25, 0.3) is 0 Å². The molecule has 0 aliphatic carbocycles. The molecule has 0 unspecified atom stereocenters. The predicted octanol–water partition coefficient (Wildman–Crippen LogP) is 2.96. The van der Waals surface area contributed by atoms with Crippen LogP contribution >= 0.6 is 0 Å². The second-order valence-electron chi connectivity index (χ2n) is 5.88. The van der Waals surface area contributed by atoms with Gasteiger partial charge in [-0.05, 0) is 49.6 Å². The fourth-order valence-electron chi connectivity index (χ4n) is 2.36. The Morgan fingerprint density at radius 2 is 1.96 bits per heavy atom. The number of aryl methyl sites for hydroxylation is 2. The first-order chi connectivity index (χ1) is 11.6. The van der Waals surface area contributed by atoms with Gasteiger partial charge >= 0.3 is 6.03 Å². The maximum Gasteiger partial charge on any atom is 0.317 e. The number of amides is 2. The topological polar surface area (TPSA) is 54.5 Å². The van der Waals surface area contributed by atoms with Crippen molar-refractivity contribution in [2.24, 2.45) is 0 Å². The van der Waals surface area contributed by atoms with E-state index in [9.17, 15) is 4.79 Å². The zero-order valence-electron chi connectivity index (χ0n) is 14.6. The molecule has 2 aromatic rings. The van der Waals surface area contributed by atoms with Gasteiger partial charge < -0.3 is 15.0 Å². The van der Waals surface area contributed by atoms with Crippen LogP contribution in [0.5, 0.6) is 5.75 Å². The summed E-state index contributed by atoms with van der Waals surface area (Å²) in [6, 6.07) is 9.91. The third kappa shape index (κ3) is 5.57. The highest BCUT2D eigenvalue weighted by Gasteiger charge is 2.08. The molecule has 1 heterocycles. The average Bonchev–Trinajstić information content (AvgIpc) is 2.58. The summed E-state index contributed by atoms with van der Waals surface area (Å²) in [6.07, 6.45) is 4.34. The average molecular weight is 327 g/mol. The molecule has 5 nitrogen and oxygen atoms in total. The molecule has 0 aliphatic rings. The fourth-order valence-corrected chi connectivity index (χ4v) is 2.36. The van der Waals surface area contributed by atoms with E-state index >= 15 is 0 Å². The molecule has 0 spiro atoms. The molecule has 0 saturated heterocycles. The normalized spacial score (nSPS) is 10.3. The fraction of sp³-hybridized carbons (Fsp3) is 0.368. The van der Waals surface area contributed by atoms with E-state index in [1.165, 1.54) is 11.1 Å². The number of pyridine rings is 1. The van der Waals surface area contributed by atoms with Gasteiger partial charge in [0.2, 0.25) is 0 Å². The number of rotatable bonds is 7. The zero-order valence-corrected chi connectivity index (χ0v) is 14.6. The Labute approximate surface area is 143 Å². The van der Waals surface area contributed by atoms with Gasteiger partial charge in [0.25, 0.3) is 0 Å². The Morgan fingerprint density at radius 1 is 1.21 bits per heavy atom. The molecule has 0 fully saturated rings. The zero-order chi connectivity index (χ0) is 17.4. The molecule has 128 valence electrons. The van der Waals surface area contributed by atoms with Crippen molar-refractivity contribution >= 4 is 6.03 Å². The van der Waals surface area contributed by atoms with Crippen molar-refractivity contribution in [1.82, 2.24) is 15.2 Å². The van der Waals surface area contributed by atoms with E-state index < -0.39 is 0 Å². The first-order valence-electron chi connectivity index (χ1n) is 8.14. The molecular formula is C19H25N3O2. The number of likely N-dealkylation sites (N-methyl/N-ethyl adjacent to an activating group) is 1. The number of carbonyl (C=O) groups is 1. The molecule has 0 radical (unpaired) electrons. The van der Waals surface area contributed by atoms with Crippen LogP contribution in [-0.2, 0) is 6.42 Å². The van der Waals surface area contributed by atoms with Crippen LogP contribution in [-0.4, -0.2) is 42.7 Å². The van der Waals surface area contributed by atoms with Crippen molar-refractivity contribution in [3.8, 4) is 5.75 Å². The van der Waals surface area contributed by atoms with E-state index in [-0.39, 0.29) is 6.03 Å². The van der Waals surface area contributed by atoms with Crippen LogP contribution in [0.15, 0.2) is 42.7 Å². The molecule has 0 bridgehead atoms. The Bertz CT molecular complexity index is 659. The molecule has 1 aromatic heterocycles. The minimum atomic E-state index is -0.0896. The lowest BCUT2D eigenvalue weighted by molar-refractivity contribution is 0.206. The maximum atomic E-state index is 12.0. The molecular weight excluding hydrogens is 302 g/mol. The molecule has 24 heavy (non-hydrogen) atoms. The molecule has 2 rings (SSSR count). The van der Waals surface area contributed by atoms with Gasteiger partial charge in [0.15, 0.2) is 0 Å². The summed E-state index contributed by atoms with van der Waals surface area (Å²) in [4.78, 5) is 17.7. The van der Waals surface area contributed by atoms with Crippen LogP contribution in [0.2, 0.25) is 0 Å². The lowest BCUT2D eigenvalue weighted by atomic mass is 10.1. The van der Waals surface area contributed by atoms with Crippen molar-refractivity contribution in [2.45, 2.75) is 20.3 Å². The highest BCUT2D eigenvalue weighted by atomic mass is 16.5. The number of nitrogens with zero attached hydrogens (tertiary/aromatic N) is 2. The molecule has 2 amide bonds. The lowest BCUT2D eigenvalue weighted by Gasteiger charge is -2.18. The Balaban J connectivity index is 1.67. The largest absolute Gasteiger partial charge is 0.491 e. The SMILES string of the molecule is Cc1ccc(OCCNC(=O)N(C)CCc2ccncc2)c(C)c1. The Morgan fingerprint density at radius 3 is 2.67 bits per heavy atom. The summed E-state index contributed by atoms with van der Waals surface area (Å²) in [7, 11) is 1.79. The van der Waals surface area contributed by atoms with Crippen LogP contribution in [0, 0.1) is 13.8 Å². The first kappa shape index (κ1) is 17.8. The third-order valence-corrected chi connectivity index (χ3v) is 3.80. The number of ether oxygens (including phenoxy) is 1. The molecule has 5 heteroatoms.